The van der Waals surface area contributed by atoms with Gasteiger partial charge in [-0.2, -0.15) is 0 Å². The zero-order chi connectivity index (χ0) is 25.0. The van der Waals surface area contributed by atoms with Crippen LogP contribution < -0.4 is 10.0 Å². The number of amides is 1. The van der Waals surface area contributed by atoms with Crippen LogP contribution in [-0.4, -0.2) is 70.9 Å². The van der Waals surface area contributed by atoms with Gasteiger partial charge in [0.25, 0.3) is 5.91 Å². The van der Waals surface area contributed by atoms with Crippen molar-refractivity contribution in [3.05, 3.63) is 41.5 Å². The van der Waals surface area contributed by atoms with Crippen LogP contribution >= 0.6 is 11.8 Å². The van der Waals surface area contributed by atoms with Gasteiger partial charge < -0.3 is 19.5 Å². The van der Waals surface area contributed by atoms with Crippen molar-refractivity contribution in [1.82, 2.24) is 14.2 Å². The van der Waals surface area contributed by atoms with Gasteiger partial charge in [-0.15, -0.1) is 11.8 Å². The topological polar surface area (TPSA) is 110 Å². The maximum absolute atomic E-state index is 13.5. The molecule has 1 aromatic carbocycles. The number of aldehydes is 1. The monoisotopic (exact) mass is 510 g/mol. The fourth-order valence-corrected chi connectivity index (χ4v) is 6.73. The van der Waals surface area contributed by atoms with E-state index in [0.717, 1.165) is 30.8 Å². The van der Waals surface area contributed by atoms with Crippen LogP contribution in [0.15, 0.2) is 34.2 Å². The molecule has 34 heavy (non-hydrogen) atoms. The number of ether oxygens (including phenoxy) is 1. The smallest absolute Gasteiger partial charge is 0.371 e. The molecule has 4 rings (SSSR count). The second-order valence-corrected chi connectivity index (χ2v) is 10.4. The molecular weight excluding hydrogens is 483 g/mol. The SMILES string of the molecule is COC(=O)C=O.Cc1cc(NC(=O)c2c3c(cn2C)S(=O)NC2CN(C)CC2CS3)ccc1F. The summed E-state index contributed by atoms with van der Waals surface area (Å²) in [6, 6.07) is 4.67. The summed E-state index contributed by atoms with van der Waals surface area (Å²) in [5, 5.41) is 2.84. The van der Waals surface area contributed by atoms with E-state index in [4.69, 9.17) is 0 Å². The van der Waals surface area contributed by atoms with E-state index in [-0.39, 0.29) is 24.1 Å². The molecule has 1 fully saturated rings. The van der Waals surface area contributed by atoms with Crippen LogP contribution in [0.25, 0.3) is 0 Å². The number of methoxy groups -OCH3 is 1. The number of hydrogen-bond acceptors (Lipinski definition) is 7. The van der Waals surface area contributed by atoms with E-state index in [1.807, 2.05) is 0 Å². The van der Waals surface area contributed by atoms with E-state index >= 15 is 0 Å². The van der Waals surface area contributed by atoms with E-state index in [1.165, 1.54) is 6.07 Å². The number of carbonyl (C=O) groups excluding carboxylic acids is 3. The molecule has 2 aromatic rings. The summed E-state index contributed by atoms with van der Waals surface area (Å²) in [6.45, 7) is 3.47. The molecule has 2 aliphatic rings. The third kappa shape index (κ3) is 5.93. The number of rotatable bonds is 3. The van der Waals surface area contributed by atoms with Crippen LogP contribution in [0.2, 0.25) is 0 Å². The Labute approximate surface area is 204 Å². The summed E-state index contributed by atoms with van der Waals surface area (Å²) in [5.74, 6) is -0.209. The molecule has 3 unspecified atom stereocenters. The van der Waals surface area contributed by atoms with Gasteiger partial charge >= 0.3 is 5.97 Å². The van der Waals surface area contributed by atoms with Crippen molar-refractivity contribution in [1.29, 1.82) is 0 Å². The normalized spacial score (nSPS) is 21.7. The van der Waals surface area contributed by atoms with Crippen LogP contribution in [0.1, 0.15) is 16.1 Å². The van der Waals surface area contributed by atoms with Crippen molar-refractivity contribution in [3.8, 4) is 0 Å². The molecule has 1 aromatic heterocycles. The van der Waals surface area contributed by atoms with Crippen LogP contribution in [0, 0.1) is 18.7 Å². The summed E-state index contributed by atoms with van der Waals surface area (Å²) in [5.41, 5.74) is 1.48. The van der Waals surface area contributed by atoms with Gasteiger partial charge in [-0.05, 0) is 43.7 Å². The van der Waals surface area contributed by atoms with Gasteiger partial charge in [0.1, 0.15) is 22.5 Å². The fourth-order valence-electron chi connectivity index (χ4n) is 3.85. The van der Waals surface area contributed by atoms with Crippen LogP contribution in [-0.2, 0) is 32.4 Å². The Bertz CT molecular complexity index is 1120. The van der Waals surface area contributed by atoms with Gasteiger partial charge in [-0.25, -0.2) is 18.1 Å². The van der Waals surface area contributed by atoms with Gasteiger partial charge in [0, 0.05) is 43.8 Å². The first-order valence-electron chi connectivity index (χ1n) is 10.4. The third-order valence-corrected chi connectivity index (χ3v) is 8.21. The molecular formula is C22H27FN4O5S2. The van der Waals surface area contributed by atoms with E-state index < -0.39 is 17.0 Å². The maximum Gasteiger partial charge on any atom is 0.371 e. The summed E-state index contributed by atoms with van der Waals surface area (Å²) >= 11 is 1.60. The van der Waals surface area contributed by atoms with Gasteiger partial charge in [0.15, 0.2) is 0 Å². The number of nitrogens with zero attached hydrogens (tertiary/aromatic N) is 2. The minimum Gasteiger partial charge on any atom is -0.463 e. The molecule has 2 N–H and O–H groups in total. The van der Waals surface area contributed by atoms with Crippen molar-refractivity contribution in [2.24, 2.45) is 13.0 Å². The molecule has 2 aliphatic heterocycles. The van der Waals surface area contributed by atoms with Gasteiger partial charge in [0.2, 0.25) is 6.29 Å². The van der Waals surface area contributed by atoms with E-state index in [0.29, 0.717) is 27.8 Å². The van der Waals surface area contributed by atoms with Crippen LogP contribution in [0.3, 0.4) is 0 Å². The molecule has 1 saturated heterocycles. The number of aryl methyl sites for hydroxylation is 2. The van der Waals surface area contributed by atoms with Crippen molar-refractivity contribution in [2.45, 2.75) is 22.8 Å². The van der Waals surface area contributed by atoms with Gasteiger partial charge in [-0.1, -0.05) is 0 Å². The molecule has 3 heterocycles. The lowest BCUT2D eigenvalue weighted by atomic mass is 10.1. The third-order valence-electron chi connectivity index (χ3n) is 5.55. The molecule has 12 heteroatoms. The Morgan fingerprint density at radius 1 is 1.32 bits per heavy atom. The number of esters is 1. The Morgan fingerprint density at radius 3 is 2.68 bits per heavy atom. The lowest BCUT2D eigenvalue weighted by molar-refractivity contribution is -0.146. The number of hydrogen-bond donors (Lipinski definition) is 2. The predicted octanol–water partition coefficient (Wildman–Crippen LogP) is 1.73. The first kappa shape index (κ1) is 26.1. The number of thioether (sulfide) groups is 1. The predicted molar refractivity (Wildman–Crippen MR) is 128 cm³/mol. The largest absolute Gasteiger partial charge is 0.463 e. The highest BCUT2D eigenvalue weighted by Crippen LogP contribution is 2.36. The zero-order valence-corrected chi connectivity index (χ0v) is 20.9. The number of halogens is 1. The quantitative estimate of drug-likeness (QED) is 0.368. The lowest BCUT2D eigenvalue weighted by Gasteiger charge is -2.22. The maximum atomic E-state index is 13.5. The van der Waals surface area contributed by atoms with E-state index in [1.54, 1.807) is 48.6 Å². The van der Waals surface area contributed by atoms with E-state index in [9.17, 15) is 23.0 Å². The number of fused-ring (bicyclic) bond motifs is 2. The highest BCUT2D eigenvalue weighted by atomic mass is 32.2. The summed E-state index contributed by atoms with van der Waals surface area (Å²) < 4.78 is 35.3. The standard InChI is InChI=1S/C19H23FN4O2S2.C3H4O3/c1-11-6-13(4-5-14(11)20)21-19(25)17-18-16(9-24(17)3)28(26)22-15-8-23(2)7-12(15)10-27-18;1-6-3(5)2-4/h4-6,9,12,15,22H,7-8,10H2,1-3H3,(H,21,25);2H,1H3. The minimum absolute atomic E-state index is 0.111. The summed E-state index contributed by atoms with van der Waals surface area (Å²) in [6.07, 6.45) is 1.87. The van der Waals surface area contributed by atoms with Gasteiger partial charge in [0.05, 0.1) is 16.9 Å². The Morgan fingerprint density at radius 2 is 2.06 bits per heavy atom. The van der Waals surface area contributed by atoms with Crippen LogP contribution in [0.4, 0.5) is 10.1 Å². The molecule has 0 spiro atoms. The van der Waals surface area contributed by atoms with Crippen molar-refractivity contribution in [3.63, 3.8) is 0 Å². The second kappa shape index (κ2) is 11.3. The average Bonchev–Trinajstić information content (AvgIpc) is 3.31. The number of benzene rings is 1. The molecule has 1 amide bonds. The Kier molecular flexibility index (Phi) is 8.63. The number of likely N-dealkylation sites (N-methyl/N-ethyl adjacent to an activating group) is 1. The van der Waals surface area contributed by atoms with Crippen molar-refractivity contribution in [2.75, 3.05) is 38.3 Å². The van der Waals surface area contributed by atoms with Crippen molar-refractivity contribution < 1.29 is 27.7 Å². The summed E-state index contributed by atoms with van der Waals surface area (Å²) in [7, 11) is 3.62. The highest BCUT2D eigenvalue weighted by molar-refractivity contribution is 8.00. The Balaban J connectivity index is 0.000000481. The molecule has 0 saturated carbocycles. The molecule has 184 valence electrons. The molecule has 9 nitrogen and oxygen atoms in total. The first-order chi connectivity index (χ1) is 16.1. The number of aromatic nitrogens is 1. The molecule has 0 aliphatic carbocycles. The zero-order valence-electron chi connectivity index (χ0n) is 19.3. The molecule has 0 bridgehead atoms. The Hall–Kier alpha value is -2.54. The number of nitrogens with one attached hydrogen (secondary N) is 2. The average molecular weight is 511 g/mol. The van der Waals surface area contributed by atoms with E-state index in [2.05, 4.69) is 26.7 Å². The van der Waals surface area contributed by atoms with Crippen LogP contribution in [0.5, 0.6) is 0 Å². The lowest BCUT2D eigenvalue weighted by Crippen LogP contribution is -2.39. The molecule has 0 radical (unpaired) electrons. The number of carbonyl (C=O) groups is 3. The van der Waals surface area contributed by atoms with Crippen molar-refractivity contribution >= 4 is 46.6 Å². The fraction of sp³-hybridized carbons (Fsp3) is 0.409. The molecule has 3 atom stereocenters. The second-order valence-electron chi connectivity index (χ2n) is 8.13. The highest BCUT2D eigenvalue weighted by Gasteiger charge is 2.36. The number of likely N-dealkylation sites (tertiary alicyclic amines) is 1. The van der Waals surface area contributed by atoms with Gasteiger partial charge in [-0.3, -0.25) is 9.59 Å². The minimum atomic E-state index is -1.38. The summed E-state index contributed by atoms with van der Waals surface area (Å²) in [4.78, 5) is 35.5. The number of anilines is 1. The first-order valence-corrected chi connectivity index (χ1v) is 12.6.